The van der Waals surface area contributed by atoms with Gasteiger partial charge in [-0.05, 0) is 30.3 Å². The van der Waals surface area contributed by atoms with Gasteiger partial charge in [0.2, 0.25) is 0 Å². The number of rotatable bonds is 5. The molecule has 2 aromatic heterocycles. The molecule has 168 valence electrons. The molecule has 3 heterocycles. The van der Waals surface area contributed by atoms with Crippen LogP contribution in [-0.4, -0.2) is 82.9 Å². The number of anilines is 1. The van der Waals surface area contributed by atoms with E-state index in [1.807, 2.05) is 18.2 Å². The van der Waals surface area contributed by atoms with E-state index >= 15 is 0 Å². The van der Waals surface area contributed by atoms with Crippen molar-refractivity contribution in [3.63, 3.8) is 0 Å². The molecule has 10 nitrogen and oxygen atoms in total. The van der Waals surface area contributed by atoms with Gasteiger partial charge < -0.3 is 20.1 Å². The number of hydrogen-bond acceptors (Lipinski definition) is 6. The maximum absolute atomic E-state index is 12.6. The van der Waals surface area contributed by atoms with E-state index in [4.69, 9.17) is 9.84 Å². The molecule has 0 radical (unpaired) electrons. The zero-order valence-corrected chi connectivity index (χ0v) is 17.8. The van der Waals surface area contributed by atoms with Crippen molar-refractivity contribution >= 4 is 28.8 Å². The van der Waals surface area contributed by atoms with Crippen LogP contribution >= 0.6 is 0 Å². The Balaban J connectivity index is 1.40. The number of ether oxygens (including phenoxy) is 1. The molecule has 0 bridgehead atoms. The van der Waals surface area contributed by atoms with Crippen LogP contribution in [0.4, 0.5) is 15.4 Å². The number of fused-ring (bicyclic) bond motifs is 1. The van der Waals surface area contributed by atoms with Gasteiger partial charge in [-0.15, -0.1) is 0 Å². The summed E-state index contributed by atoms with van der Waals surface area (Å²) in [5.41, 5.74) is 0.776. The number of urea groups is 1. The lowest BCUT2D eigenvalue weighted by atomic mass is 10.2. The number of nitrogens with zero attached hydrogens (tertiary/aromatic N) is 4. The molecule has 3 amide bonds. The van der Waals surface area contributed by atoms with E-state index in [1.54, 1.807) is 42.5 Å². The lowest BCUT2D eigenvalue weighted by Gasteiger charge is -2.34. The number of piperazine rings is 1. The highest BCUT2D eigenvalue weighted by atomic mass is 16.5. The summed E-state index contributed by atoms with van der Waals surface area (Å²) in [6, 6.07) is 10.2. The fourth-order valence-electron chi connectivity index (χ4n) is 3.67. The third-order valence-electron chi connectivity index (χ3n) is 5.37. The fourth-order valence-corrected chi connectivity index (χ4v) is 3.67. The number of β-amino-alcohol motifs (C(OH)–C–C–N with tert-alkyl or cyclic N) is 1. The van der Waals surface area contributed by atoms with Crippen molar-refractivity contribution in [1.82, 2.24) is 24.7 Å². The Morgan fingerprint density at radius 1 is 1.06 bits per heavy atom. The topological polar surface area (TPSA) is 112 Å². The maximum atomic E-state index is 12.6. The van der Waals surface area contributed by atoms with Crippen molar-refractivity contribution in [1.29, 1.82) is 0 Å². The number of amides is 3. The minimum atomic E-state index is -0.213. The zero-order chi connectivity index (χ0) is 22.5. The molecule has 1 saturated heterocycles. The average Bonchev–Trinajstić information content (AvgIpc) is 3.23. The van der Waals surface area contributed by atoms with Crippen molar-refractivity contribution in [3.8, 4) is 11.5 Å². The molecule has 0 unspecified atom stereocenters. The molecule has 0 saturated carbocycles. The quantitative estimate of drug-likeness (QED) is 0.563. The largest absolute Gasteiger partial charge is 0.457 e. The average molecular weight is 438 g/mol. The Hall–Kier alpha value is -3.63. The van der Waals surface area contributed by atoms with Gasteiger partial charge in [0.1, 0.15) is 17.3 Å². The fraction of sp³-hybridized carbons (Fsp3) is 0.318. The van der Waals surface area contributed by atoms with Crippen LogP contribution in [0.1, 0.15) is 0 Å². The zero-order valence-electron chi connectivity index (χ0n) is 17.8. The molecule has 3 N–H and O–H groups in total. The van der Waals surface area contributed by atoms with Crippen LogP contribution in [-0.2, 0) is 0 Å². The van der Waals surface area contributed by atoms with Crippen LogP contribution in [0.3, 0.4) is 0 Å². The van der Waals surface area contributed by atoms with Gasteiger partial charge in [-0.25, -0.2) is 14.6 Å². The Morgan fingerprint density at radius 2 is 1.84 bits per heavy atom. The van der Waals surface area contributed by atoms with E-state index in [0.29, 0.717) is 37.0 Å². The number of aromatic nitrogens is 2. The highest BCUT2D eigenvalue weighted by Gasteiger charge is 2.21. The third-order valence-corrected chi connectivity index (χ3v) is 5.37. The van der Waals surface area contributed by atoms with Crippen molar-refractivity contribution < 1.29 is 19.4 Å². The summed E-state index contributed by atoms with van der Waals surface area (Å²) in [7, 11) is 1.59. The second kappa shape index (κ2) is 9.67. The Labute approximate surface area is 185 Å². The number of aliphatic hydroxyl groups is 1. The molecule has 0 spiro atoms. The molecule has 0 aliphatic carbocycles. The van der Waals surface area contributed by atoms with Crippen molar-refractivity contribution in [2.24, 2.45) is 0 Å². The van der Waals surface area contributed by atoms with Gasteiger partial charge in [0.25, 0.3) is 0 Å². The predicted octanol–water partition coefficient (Wildman–Crippen LogP) is 2.16. The SMILES string of the molecule is CNC(=O)n1ccc2cc(Oc3ccnc(NC(=O)N4CCN(CCO)CC4)c3)ccc21. The van der Waals surface area contributed by atoms with E-state index < -0.39 is 0 Å². The number of benzene rings is 1. The first-order chi connectivity index (χ1) is 15.6. The minimum absolute atomic E-state index is 0.121. The van der Waals surface area contributed by atoms with Gasteiger partial charge in [-0.3, -0.25) is 14.8 Å². The molecule has 3 aromatic rings. The van der Waals surface area contributed by atoms with Crippen LogP contribution in [0.15, 0.2) is 48.8 Å². The second-order valence-corrected chi connectivity index (χ2v) is 7.42. The smallest absolute Gasteiger partial charge is 0.325 e. The number of aliphatic hydroxyl groups excluding tert-OH is 1. The van der Waals surface area contributed by atoms with Crippen molar-refractivity contribution in [2.75, 3.05) is 51.7 Å². The molecular weight excluding hydrogens is 412 g/mol. The number of carbonyl (C=O) groups is 2. The normalized spacial score (nSPS) is 14.4. The summed E-state index contributed by atoms with van der Waals surface area (Å²) < 4.78 is 7.48. The summed E-state index contributed by atoms with van der Waals surface area (Å²) in [6.45, 7) is 3.40. The molecule has 4 rings (SSSR count). The van der Waals surface area contributed by atoms with Crippen LogP contribution in [0.25, 0.3) is 10.9 Å². The summed E-state index contributed by atoms with van der Waals surface area (Å²) in [5.74, 6) is 1.54. The van der Waals surface area contributed by atoms with Gasteiger partial charge in [-0.1, -0.05) is 0 Å². The standard InChI is InChI=1S/C22H26N6O4/c1-23-21(30)28-7-5-16-14-17(2-3-19(16)28)32-18-4-6-24-20(15-18)25-22(31)27-10-8-26(9-11-27)12-13-29/h2-7,14-15,29H,8-13H2,1H3,(H,23,30)(H,24,25,31). The molecule has 0 atom stereocenters. The first-order valence-electron chi connectivity index (χ1n) is 10.4. The number of pyridine rings is 1. The third kappa shape index (κ3) is 4.82. The van der Waals surface area contributed by atoms with Gasteiger partial charge in [0, 0.05) is 63.6 Å². The van der Waals surface area contributed by atoms with Crippen LogP contribution < -0.4 is 15.4 Å². The van der Waals surface area contributed by atoms with E-state index in [0.717, 1.165) is 24.0 Å². The van der Waals surface area contributed by atoms with Crippen molar-refractivity contribution in [2.45, 2.75) is 0 Å². The summed E-state index contributed by atoms with van der Waals surface area (Å²) in [6.07, 6.45) is 3.28. The molecule has 10 heteroatoms. The van der Waals surface area contributed by atoms with Gasteiger partial charge in [0.05, 0.1) is 12.1 Å². The summed E-state index contributed by atoms with van der Waals surface area (Å²) in [5, 5.41) is 15.3. The highest BCUT2D eigenvalue weighted by Crippen LogP contribution is 2.27. The highest BCUT2D eigenvalue weighted by molar-refractivity contribution is 5.92. The monoisotopic (exact) mass is 438 g/mol. The number of hydrogen-bond donors (Lipinski definition) is 3. The molecule has 1 fully saturated rings. The van der Waals surface area contributed by atoms with Gasteiger partial charge in [0.15, 0.2) is 0 Å². The van der Waals surface area contributed by atoms with Crippen LogP contribution in [0, 0.1) is 0 Å². The molecule has 1 aromatic carbocycles. The Morgan fingerprint density at radius 3 is 2.59 bits per heavy atom. The molecular formula is C22H26N6O4. The van der Waals surface area contributed by atoms with Gasteiger partial charge >= 0.3 is 12.1 Å². The number of carbonyl (C=O) groups excluding carboxylic acids is 2. The maximum Gasteiger partial charge on any atom is 0.325 e. The lowest BCUT2D eigenvalue weighted by molar-refractivity contribution is 0.127. The first kappa shape index (κ1) is 21.6. The first-order valence-corrected chi connectivity index (χ1v) is 10.4. The van der Waals surface area contributed by atoms with E-state index in [-0.39, 0.29) is 18.7 Å². The van der Waals surface area contributed by atoms with E-state index in [1.165, 1.54) is 4.57 Å². The minimum Gasteiger partial charge on any atom is -0.457 e. The Bertz CT molecular complexity index is 1110. The molecule has 1 aliphatic rings. The van der Waals surface area contributed by atoms with Crippen LogP contribution in [0.5, 0.6) is 11.5 Å². The predicted molar refractivity (Wildman–Crippen MR) is 120 cm³/mol. The second-order valence-electron chi connectivity index (χ2n) is 7.42. The van der Waals surface area contributed by atoms with Crippen molar-refractivity contribution in [3.05, 3.63) is 48.8 Å². The van der Waals surface area contributed by atoms with Gasteiger partial charge in [-0.2, -0.15) is 0 Å². The van der Waals surface area contributed by atoms with E-state index in [2.05, 4.69) is 20.5 Å². The molecule has 1 aliphatic heterocycles. The summed E-state index contributed by atoms with van der Waals surface area (Å²) in [4.78, 5) is 32.5. The number of nitrogens with one attached hydrogen (secondary N) is 2. The Kier molecular flexibility index (Phi) is 6.52. The molecule has 32 heavy (non-hydrogen) atoms. The summed E-state index contributed by atoms with van der Waals surface area (Å²) >= 11 is 0. The van der Waals surface area contributed by atoms with E-state index in [9.17, 15) is 9.59 Å². The van der Waals surface area contributed by atoms with Crippen LogP contribution in [0.2, 0.25) is 0 Å². The lowest BCUT2D eigenvalue weighted by Crippen LogP contribution is -2.50.